The molecule has 0 N–H and O–H groups in total. The molecule has 73 valence electrons. The number of hydrogen-bond donors (Lipinski definition) is 0. The summed E-state index contributed by atoms with van der Waals surface area (Å²) in [4.78, 5) is 4.56. The maximum atomic E-state index is 4.56. The van der Waals surface area contributed by atoms with E-state index in [-0.39, 0.29) is 5.41 Å². The minimum absolute atomic E-state index is 0.202. The molecule has 2 aromatic rings. The van der Waals surface area contributed by atoms with E-state index in [1.54, 1.807) is 11.3 Å². The van der Waals surface area contributed by atoms with Crippen LogP contribution in [0.4, 0.5) is 0 Å². The summed E-state index contributed by atoms with van der Waals surface area (Å²) >= 11 is 1.76. The molecule has 1 heterocycles. The van der Waals surface area contributed by atoms with Gasteiger partial charge in [0.25, 0.3) is 0 Å². The zero-order valence-corrected chi connectivity index (χ0v) is 9.56. The topological polar surface area (TPSA) is 12.9 Å². The zero-order chi connectivity index (χ0) is 10.2. The standard InChI is InChI=1S/C12H14NS/c1-12(2,3)8-11-13-9-6-4-5-7-10(9)14-11/h4-8H,1-3H3. The first-order chi connectivity index (χ1) is 6.54. The van der Waals surface area contributed by atoms with Crippen LogP contribution in [0.2, 0.25) is 0 Å². The molecule has 0 atom stereocenters. The summed E-state index contributed by atoms with van der Waals surface area (Å²) in [6, 6.07) is 8.27. The van der Waals surface area contributed by atoms with E-state index >= 15 is 0 Å². The van der Waals surface area contributed by atoms with E-state index in [9.17, 15) is 0 Å². The number of benzene rings is 1. The van der Waals surface area contributed by atoms with Crippen molar-refractivity contribution in [2.24, 2.45) is 5.41 Å². The van der Waals surface area contributed by atoms with Crippen LogP contribution in [-0.4, -0.2) is 4.98 Å². The maximum absolute atomic E-state index is 4.56. The Bertz CT molecular complexity index is 404. The number of para-hydroxylation sites is 1. The predicted octanol–water partition coefficient (Wildman–Crippen LogP) is 3.89. The Balaban J connectivity index is 2.36. The normalized spacial score (nSPS) is 12.2. The SMILES string of the molecule is CC(C)(C)[CH]c1nc2ccccc2s1. The highest BCUT2D eigenvalue weighted by Crippen LogP contribution is 2.29. The van der Waals surface area contributed by atoms with Crippen molar-refractivity contribution in [1.82, 2.24) is 4.98 Å². The Morgan fingerprint density at radius 1 is 1.21 bits per heavy atom. The third-order valence-electron chi connectivity index (χ3n) is 1.87. The van der Waals surface area contributed by atoms with Crippen LogP contribution in [0.1, 0.15) is 25.8 Å². The molecule has 0 aliphatic rings. The van der Waals surface area contributed by atoms with Crippen molar-refractivity contribution < 1.29 is 0 Å². The summed E-state index contributed by atoms with van der Waals surface area (Å²) in [5.74, 6) is 0. The molecule has 0 spiro atoms. The van der Waals surface area contributed by atoms with Crippen molar-refractivity contribution in [3.05, 3.63) is 35.7 Å². The summed E-state index contributed by atoms with van der Waals surface area (Å²) in [5, 5.41) is 1.12. The zero-order valence-electron chi connectivity index (χ0n) is 8.74. The fraction of sp³-hybridized carbons (Fsp3) is 0.333. The Morgan fingerprint density at radius 3 is 2.57 bits per heavy atom. The highest BCUT2D eigenvalue weighted by Gasteiger charge is 2.14. The van der Waals surface area contributed by atoms with Gasteiger partial charge in [0.1, 0.15) is 0 Å². The predicted molar refractivity (Wildman–Crippen MR) is 62.5 cm³/mol. The van der Waals surface area contributed by atoms with E-state index in [1.165, 1.54) is 4.70 Å². The van der Waals surface area contributed by atoms with Gasteiger partial charge in [-0.05, 0) is 17.5 Å². The average molecular weight is 204 g/mol. The second-order valence-corrected chi connectivity index (χ2v) is 5.59. The molecule has 1 aromatic heterocycles. The van der Waals surface area contributed by atoms with E-state index in [2.05, 4.69) is 50.4 Å². The van der Waals surface area contributed by atoms with Crippen LogP contribution in [0, 0.1) is 11.8 Å². The van der Waals surface area contributed by atoms with Crippen LogP contribution in [0.25, 0.3) is 10.2 Å². The van der Waals surface area contributed by atoms with E-state index < -0.39 is 0 Å². The molecule has 2 rings (SSSR count). The lowest BCUT2D eigenvalue weighted by molar-refractivity contribution is 0.505. The maximum Gasteiger partial charge on any atom is 0.0981 e. The van der Waals surface area contributed by atoms with E-state index in [0.717, 1.165) is 10.5 Å². The molecular formula is C12H14NS. The molecule has 0 saturated carbocycles. The van der Waals surface area contributed by atoms with Crippen LogP contribution in [0.15, 0.2) is 24.3 Å². The minimum atomic E-state index is 0.202. The molecule has 1 radical (unpaired) electrons. The molecule has 0 aliphatic carbocycles. The van der Waals surface area contributed by atoms with Crippen LogP contribution in [0.3, 0.4) is 0 Å². The quantitative estimate of drug-likeness (QED) is 0.686. The Hall–Kier alpha value is -0.890. The lowest BCUT2D eigenvalue weighted by Gasteiger charge is -2.14. The second-order valence-electron chi connectivity index (χ2n) is 4.53. The molecule has 0 unspecified atom stereocenters. The van der Waals surface area contributed by atoms with Crippen LogP contribution in [-0.2, 0) is 0 Å². The van der Waals surface area contributed by atoms with Crippen molar-refractivity contribution in [3.8, 4) is 0 Å². The Kier molecular flexibility index (Phi) is 2.31. The number of thiazole rings is 1. The number of aromatic nitrogens is 1. The highest BCUT2D eigenvalue weighted by atomic mass is 32.1. The van der Waals surface area contributed by atoms with Crippen molar-refractivity contribution in [1.29, 1.82) is 0 Å². The smallest absolute Gasteiger partial charge is 0.0981 e. The van der Waals surface area contributed by atoms with Gasteiger partial charge in [-0.1, -0.05) is 32.9 Å². The van der Waals surface area contributed by atoms with E-state index in [0.29, 0.717) is 0 Å². The monoisotopic (exact) mass is 204 g/mol. The third-order valence-corrected chi connectivity index (χ3v) is 2.85. The van der Waals surface area contributed by atoms with E-state index in [1.807, 2.05) is 6.07 Å². The highest BCUT2D eigenvalue weighted by molar-refractivity contribution is 7.18. The Morgan fingerprint density at radius 2 is 1.93 bits per heavy atom. The van der Waals surface area contributed by atoms with Crippen molar-refractivity contribution in [3.63, 3.8) is 0 Å². The molecule has 0 amide bonds. The molecule has 2 heteroatoms. The van der Waals surface area contributed by atoms with E-state index in [4.69, 9.17) is 0 Å². The molecule has 0 aliphatic heterocycles. The van der Waals surface area contributed by atoms with Gasteiger partial charge in [-0.3, -0.25) is 0 Å². The molecular weight excluding hydrogens is 190 g/mol. The minimum Gasteiger partial charge on any atom is -0.241 e. The van der Waals surface area contributed by atoms with Gasteiger partial charge in [-0.15, -0.1) is 11.3 Å². The van der Waals surface area contributed by atoms with Gasteiger partial charge in [0.05, 0.1) is 15.2 Å². The van der Waals surface area contributed by atoms with Crippen LogP contribution >= 0.6 is 11.3 Å². The summed E-state index contributed by atoms with van der Waals surface area (Å²) in [6.07, 6.45) is 2.22. The summed E-state index contributed by atoms with van der Waals surface area (Å²) in [6.45, 7) is 6.58. The van der Waals surface area contributed by atoms with Gasteiger partial charge < -0.3 is 0 Å². The van der Waals surface area contributed by atoms with Gasteiger partial charge in [0.15, 0.2) is 0 Å². The van der Waals surface area contributed by atoms with Gasteiger partial charge >= 0.3 is 0 Å². The van der Waals surface area contributed by atoms with Crippen molar-refractivity contribution in [2.45, 2.75) is 20.8 Å². The van der Waals surface area contributed by atoms with Crippen LogP contribution < -0.4 is 0 Å². The lowest BCUT2D eigenvalue weighted by Crippen LogP contribution is -2.05. The third kappa shape index (κ3) is 2.13. The molecule has 0 saturated heterocycles. The summed E-state index contributed by atoms with van der Waals surface area (Å²) < 4.78 is 1.27. The Labute approximate surface area is 88.8 Å². The summed E-state index contributed by atoms with van der Waals surface area (Å²) in [5.41, 5.74) is 1.31. The fourth-order valence-corrected chi connectivity index (χ4v) is 2.47. The molecule has 0 bridgehead atoms. The van der Waals surface area contributed by atoms with Gasteiger partial charge in [0.2, 0.25) is 0 Å². The summed E-state index contributed by atoms with van der Waals surface area (Å²) in [7, 11) is 0. The van der Waals surface area contributed by atoms with Crippen LogP contribution in [0.5, 0.6) is 0 Å². The molecule has 1 nitrogen and oxygen atoms in total. The first kappa shape index (κ1) is 9.66. The molecule has 0 fully saturated rings. The van der Waals surface area contributed by atoms with Crippen molar-refractivity contribution >= 4 is 21.6 Å². The number of nitrogens with zero attached hydrogens (tertiary/aromatic N) is 1. The molecule has 14 heavy (non-hydrogen) atoms. The van der Waals surface area contributed by atoms with Gasteiger partial charge in [-0.25, -0.2) is 4.98 Å². The van der Waals surface area contributed by atoms with Crippen molar-refractivity contribution in [2.75, 3.05) is 0 Å². The number of hydrogen-bond acceptors (Lipinski definition) is 2. The second kappa shape index (κ2) is 3.35. The average Bonchev–Trinajstić information content (AvgIpc) is 2.42. The first-order valence-corrected chi connectivity index (χ1v) is 5.58. The first-order valence-electron chi connectivity index (χ1n) is 4.76. The number of rotatable bonds is 1. The lowest BCUT2D eigenvalue weighted by atomic mass is 9.93. The fourth-order valence-electron chi connectivity index (χ4n) is 1.32. The number of fused-ring (bicyclic) bond motifs is 1. The van der Waals surface area contributed by atoms with Gasteiger partial charge in [-0.2, -0.15) is 0 Å². The van der Waals surface area contributed by atoms with Gasteiger partial charge in [0, 0.05) is 6.42 Å². The largest absolute Gasteiger partial charge is 0.241 e. The molecule has 1 aromatic carbocycles.